The second-order valence-electron chi connectivity index (χ2n) is 2.63. The highest BCUT2D eigenvalue weighted by Gasteiger charge is 2.01. The van der Waals surface area contributed by atoms with Crippen molar-refractivity contribution < 1.29 is 4.79 Å². The van der Waals surface area contributed by atoms with Crippen molar-refractivity contribution in [3.63, 3.8) is 0 Å². The minimum absolute atomic E-state index is 0. The Morgan fingerprint density at radius 2 is 2.08 bits per heavy atom. The SMILES string of the molecule is C.CC(=O)Nc1nc(C)ncc1C. The fourth-order valence-corrected chi connectivity index (χ4v) is 0.824. The van der Waals surface area contributed by atoms with Crippen molar-refractivity contribution in [2.24, 2.45) is 0 Å². The molecule has 0 aromatic carbocycles. The van der Waals surface area contributed by atoms with Gasteiger partial charge in [0.1, 0.15) is 11.6 Å². The van der Waals surface area contributed by atoms with Crippen LogP contribution in [0, 0.1) is 13.8 Å². The summed E-state index contributed by atoms with van der Waals surface area (Å²) < 4.78 is 0. The van der Waals surface area contributed by atoms with Gasteiger partial charge in [0.15, 0.2) is 0 Å². The number of carbonyl (C=O) groups is 1. The van der Waals surface area contributed by atoms with E-state index in [-0.39, 0.29) is 13.3 Å². The molecule has 0 aliphatic rings. The summed E-state index contributed by atoms with van der Waals surface area (Å²) in [6.07, 6.45) is 1.69. The molecule has 0 saturated carbocycles. The van der Waals surface area contributed by atoms with E-state index in [1.165, 1.54) is 6.92 Å². The Labute approximate surface area is 78.4 Å². The highest BCUT2D eigenvalue weighted by Crippen LogP contribution is 2.08. The maximum absolute atomic E-state index is 10.7. The summed E-state index contributed by atoms with van der Waals surface area (Å²) in [7, 11) is 0. The van der Waals surface area contributed by atoms with Crippen LogP contribution in [0.15, 0.2) is 6.20 Å². The van der Waals surface area contributed by atoms with Gasteiger partial charge in [-0.1, -0.05) is 7.43 Å². The molecule has 72 valence electrons. The molecule has 0 spiro atoms. The Bertz CT molecular complexity index is 310. The summed E-state index contributed by atoms with van der Waals surface area (Å²) in [6.45, 7) is 5.09. The molecule has 0 aliphatic carbocycles. The van der Waals surface area contributed by atoms with Gasteiger partial charge in [0, 0.05) is 18.7 Å². The molecule has 1 heterocycles. The normalized spacial score (nSPS) is 8.85. The van der Waals surface area contributed by atoms with Crippen LogP contribution in [0.4, 0.5) is 5.82 Å². The van der Waals surface area contributed by atoms with Gasteiger partial charge >= 0.3 is 0 Å². The van der Waals surface area contributed by atoms with Crippen LogP contribution in [0.1, 0.15) is 25.7 Å². The Hall–Kier alpha value is -1.45. The van der Waals surface area contributed by atoms with Gasteiger partial charge in [0.2, 0.25) is 5.91 Å². The number of nitrogens with one attached hydrogen (secondary N) is 1. The van der Waals surface area contributed by atoms with Gasteiger partial charge in [-0.2, -0.15) is 0 Å². The number of hydrogen-bond acceptors (Lipinski definition) is 3. The first-order valence-electron chi connectivity index (χ1n) is 3.67. The van der Waals surface area contributed by atoms with E-state index in [1.807, 2.05) is 6.92 Å². The molecule has 0 saturated heterocycles. The molecule has 1 aromatic heterocycles. The second kappa shape index (κ2) is 4.54. The summed E-state index contributed by atoms with van der Waals surface area (Å²) in [4.78, 5) is 18.8. The predicted octanol–water partition coefficient (Wildman–Crippen LogP) is 1.69. The Morgan fingerprint density at radius 1 is 1.46 bits per heavy atom. The second-order valence-corrected chi connectivity index (χ2v) is 2.63. The first-order chi connectivity index (χ1) is 5.59. The number of aryl methyl sites for hydroxylation is 2. The molecule has 13 heavy (non-hydrogen) atoms. The minimum Gasteiger partial charge on any atom is -0.311 e. The molecule has 1 aromatic rings. The van der Waals surface area contributed by atoms with Gasteiger partial charge in [0.25, 0.3) is 0 Å². The van der Waals surface area contributed by atoms with Crippen molar-refractivity contribution in [2.75, 3.05) is 5.32 Å². The lowest BCUT2D eigenvalue weighted by atomic mass is 10.3. The van der Waals surface area contributed by atoms with E-state index >= 15 is 0 Å². The predicted molar refractivity (Wildman–Crippen MR) is 52.5 cm³/mol. The van der Waals surface area contributed by atoms with Crippen LogP contribution in [-0.4, -0.2) is 15.9 Å². The number of aromatic nitrogens is 2. The summed E-state index contributed by atoms with van der Waals surface area (Å²) in [6, 6.07) is 0. The molecule has 0 radical (unpaired) electrons. The molecule has 1 amide bonds. The van der Waals surface area contributed by atoms with Crippen molar-refractivity contribution in [1.29, 1.82) is 0 Å². The zero-order valence-corrected chi connectivity index (χ0v) is 7.38. The number of hydrogen-bond donors (Lipinski definition) is 1. The third-order valence-corrected chi connectivity index (χ3v) is 1.39. The van der Waals surface area contributed by atoms with E-state index in [2.05, 4.69) is 15.3 Å². The topological polar surface area (TPSA) is 54.9 Å². The Balaban J connectivity index is 0.00000144. The van der Waals surface area contributed by atoms with Crippen LogP contribution in [0.3, 0.4) is 0 Å². The quantitative estimate of drug-likeness (QED) is 0.717. The molecule has 4 nitrogen and oxygen atoms in total. The van der Waals surface area contributed by atoms with Crippen LogP contribution in [0.25, 0.3) is 0 Å². The number of anilines is 1. The Morgan fingerprint density at radius 3 is 2.62 bits per heavy atom. The number of carbonyl (C=O) groups excluding carboxylic acids is 1. The minimum atomic E-state index is -0.115. The van der Waals surface area contributed by atoms with Crippen molar-refractivity contribution in [3.8, 4) is 0 Å². The molecular formula is C9H15N3O. The van der Waals surface area contributed by atoms with Crippen LogP contribution in [0.5, 0.6) is 0 Å². The fraction of sp³-hybridized carbons (Fsp3) is 0.444. The summed E-state index contributed by atoms with van der Waals surface area (Å²) in [5, 5.41) is 2.62. The van der Waals surface area contributed by atoms with Gasteiger partial charge < -0.3 is 5.32 Å². The van der Waals surface area contributed by atoms with E-state index in [9.17, 15) is 4.79 Å². The molecule has 0 bridgehead atoms. The molecular weight excluding hydrogens is 166 g/mol. The zero-order valence-electron chi connectivity index (χ0n) is 7.38. The molecule has 0 aliphatic heterocycles. The van der Waals surface area contributed by atoms with Crippen LogP contribution in [0.2, 0.25) is 0 Å². The van der Waals surface area contributed by atoms with E-state index < -0.39 is 0 Å². The third-order valence-electron chi connectivity index (χ3n) is 1.39. The fourth-order valence-electron chi connectivity index (χ4n) is 0.824. The van der Waals surface area contributed by atoms with Gasteiger partial charge in [-0.15, -0.1) is 0 Å². The van der Waals surface area contributed by atoms with Crippen molar-refractivity contribution in [1.82, 2.24) is 9.97 Å². The number of rotatable bonds is 1. The van der Waals surface area contributed by atoms with Gasteiger partial charge in [-0.3, -0.25) is 4.79 Å². The van der Waals surface area contributed by atoms with Gasteiger partial charge in [-0.25, -0.2) is 9.97 Å². The standard InChI is InChI=1S/C8H11N3O.CH4/c1-5-4-9-6(2)10-8(5)11-7(3)12;/h4H,1-3H3,(H,9,10,11,12);1H4. The smallest absolute Gasteiger partial charge is 0.222 e. The molecule has 1 N–H and O–H groups in total. The van der Waals surface area contributed by atoms with Crippen molar-refractivity contribution >= 4 is 11.7 Å². The van der Waals surface area contributed by atoms with Crippen molar-refractivity contribution in [2.45, 2.75) is 28.2 Å². The number of nitrogens with zero attached hydrogens (tertiary/aromatic N) is 2. The summed E-state index contributed by atoms with van der Waals surface area (Å²) in [5.41, 5.74) is 0.871. The average molecular weight is 181 g/mol. The lowest BCUT2D eigenvalue weighted by molar-refractivity contribution is -0.114. The summed E-state index contributed by atoms with van der Waals surface area (Å²) in [5.74, 6) is 1.13. The largest absolute Gasteiger partial charge is 0.311 e. The lowest BCUT2D eigenvalue weighted by Gasteiger charge is -2.04. The highest BCUT2D eigenvalue weighted by atomic mass is 16.1. The maximum atomic E-state index is 10.7. The highest BCUT2D eigenvalue weighted by molar-refractivity contribution is 5.88. The molecule has 0 fully saturated rings. The molecule has 0 unspecified atom stereocenters. The molecule has 4 heteroatoms. The first kappa shape index (κ1) is 11.6. The zero-order chi connectivity index (χ0) is 9.14. The van der Waals surface area contributed by atoms with Crippen LogP contribution < -0.4 is 5.32 Å². The molecule has 0 atom stereocenters. The van der Waals surface area contributed by atoms with Crippen molar-refractivity contribution in [3.05, 3.63) is 17.6 Å². The van der Waals surface area contributed by atoms with Crippen LogP contribution >= 0.6 is 0 Å². The lowest BCUT2D eigenvalue weighted by Crippen LogP contribution is -2.09. The number of amides is 1. The molecule has 1 rings (SSSR count). The van der Waals surface area contributed by atoms with Crippen LogP contribution in [-0.2, 0) is 4.79 Å². The van der Waals surface area contributed by atoms with Gasteiger partial charge in [-0.05, 0) is 13.8 Å². The Kier molecular flexibility index (Phi) is 4.04. The van der Waals surface area contributed by atoms with E-state index in [4.69, 9.17) is 0 Å². The van der Waals surface area contributed by atoms with Gasteiger partial charge in [0.05, 0.1) is 0 Å². The van der Waals surface area contributed by atoms with E-state index in [1.54, 1.807) is 13.1 Å². The first-order valence-corrected chi connectivity index (χ1v) is 3.67. The monoisotopic (exact) mass is 181 g/mol. The maximum Gasteiger partial charge on any atom is 0.222 e. The summed E-state index contributed by atoms with van der Waals surface area (Å²) >= 11 is 0. The van der Waals surface area contributed by atoms with E-state index in [0.29, 0.717) is 11.6 Å². The van der Waals surface area contributed by atoms with E-state index in [0.717, 1.165) is 5.56 Å². The average Bonchev–Trinajstić information content (AvgIpc) is 1.96. The third kappa shape index (κ3) is 3.19.